The molecule has 276 valence electrons. The summed E-state index contributed by atoms with van der Waals surface area (Å²) in [4.78, 5) is 0. The van der Waals surface area contributed by atoms with Crippen LogP contribution in [0.15, 0.2) is 42.5 Å². The molecule has 0 amide bonds. The van der Waals surface area contributed by atoms with Gasteiger partial charge in [-0.1, -0.05) is 179 Å². The summed E-state index contributed by atoms with van der Waals surface area (Å²) in [5, 5.41) is 4.52. The second-order valence-corrected chi connectivity index (χ2v) is 25.0. The lowest BCUT2D eigenvalue weighted by Gasteiger charge is -2.20. The number of hydrogen-bond acceptors (Lipinski definition) is 2. The first kappa shape index (κ1) is 48.6. The maximum absolute atomic E-state index is 2.54. The zero-order valence-electron chi connectivity index (χ0n) is 32.7. The highest BCUT2D eigenvalue weighted by molar-refractivity contribution is 7.82. The van der Waals surface area contributed by atoms with Gasteiger partial charge in [-0.05, 0) is 37.1 Å². The van der Waals surface area contributed by atoms with Gasteiger partial charge in [0.25, 0.3) is 0 Å². The third kappa shape index (κ3) is 27.0. The van der Waals surface area contributed by atoms with Gasteiger partial charge in [-0.25, -0.2) is 0 Å². The maximum atomic E-state index is 2.54. The van der Waals surface area contributed by atoms with Crippen molar-refractivity contribution < 1.29 is 11.0 Å². The number of fused-ring (bicyclic) bond motifs is 1. The van der Waals surface area contributed by atoms with Crippen molar-refractivity contribution in [1.82, 2.24) is 0 Å². The Kier molecular flexibility index (Phi) is 32.5. The molecule has 0 aliphatic heterocycles. The van der Waals surface area contributed by atoms with Crippen LogP contribution in [0, 0.1) is 0 Å². The van der Waals surface area contributed by atoms with Crippen LogP contribution in [-0.4, -0.2) is 56.6 Å². The quantitative estimate of drug-likeness (QED) is 0.0691. The minimum atomic E-state index is -1.02. The van der Waals surface area contributed by atoms with E-state index >= 15 is 0 Å². The van der Waals surface area contributed by atoms with Crippen LogP contribution in [0.1, 0.15) is 168 Å². The summed E-state index contributed by atoms with van der Waals surface area (Å²) in [5.74, 6) is 0. The highest BCUT2D eigenvalue weighted by atomic mass is 31.2. The second-order valence-electron chi connectivity index (χ2n) is 15.7. The molecule has 2 aromatic rings. The van der Waals surface area contributed by atoms with Crippen LogP contribution in [0.3, 0.4) is 0 Å². The van der Waals surface area contributed by atoms with Crippen LogP contribution < -0.4 is 5.30 Å². The van der Waals surface area contributed by atoms with Gasteiger partial charge in [0.2, 0.25) is 0 Å². The highest BCUT2D eigenvalue weighted by Crippen LogP contribution is 2.52. The fraction of sp³-hybridized carbons (Fsp3) is 0.767. The number of rotatable bonds is 27. The van der Waals surface area contributed by atoms with Crippen LogP contribution in [-0.2, 0) is 0 Å². The van der Waals surface area contributed by atoms with Crippen molar-refractivity contribution in [2.45, 2.75) is 168 Å². The van der Waals surface area contributed by atoms with Crippen molar-refractivity contribution in [1.29, 1.82) is 0 Å². The zero-order valence-corrected chi connectivity index (χ0v) is 34.5. The van der Waals surface area contributed by atoms with E-state index in [0.717, 1.165) is 0 Å². The fourth-order valence-corrected chi connectivity index (χ4v) is 10.4. The number of benzene rings is 2. The van der Waals surface area contributed by atoms with Crippen molar-refractivity contribution in [3.8, 4) is 0 Å². The molecule has 4 heteroatoms. The van der Waals surface area contributed by atoms with E-state index in [4.69, 9.17) is 0 Å². The first-order chi connectivity index (χ1) is 21.7. The molecule has 2 aromatic carbocycles. The number of unbranched alkanes of at least 4 members (excludes halogenated alkanes) is 22. The molecule has 2 rings (SSSR count). The average Bonchev–Trinajstić information content (AvgIpc) is 3.01. The Morgan fingerprint density at radius 2 is 0.723 bits per heavy atom. The van der Waals surface area contributed by atoms with Crippen molar-refractivity contribution in [2.24, 2.45) is 0 Å². The molecule has 0 spiro atoms. The van der Waals surface area contributed by atoms with Gasteiger partial charge in [0.1, 0.15) is 5.30 Å². The summed E-state index contributed by atoms with van der Waals surface area (Å²) >= 11 is 0. The molecule has 0 aliphatic rings. The van der Waals surface area contributed by atoms with E-state index in [1.165, 1.54) is 177 Å². The molecule has 0 heterocycles. The monoisotopic (exact) mass is 693 g/mol. The smallest absolute Gasteiger partial charge is 0.101 e. The molecule has 0 fully saturated rings. The van der Waals surface area contributed by atoms with Crippen LogP contribution >= 0.6 is 14.5 Å². The minimum absolute atomic E-state index is 0. The van der Waals surface area contributed by atoms with Gasteiger partial charge in [-0.15, -0.1) is 0 Å². The molecular formula is C43H82O2P2. The lowest BCUT2D eigenvalue weighted by atomic mass is 10.0. The van der Waals surface area contributed by atoms with E-state index in [2.05, 4.69) is 89.6 Å². The molecule has 2 nitrogen and oxygen atoms in total. The normalized spacial score (nSPS) is 11.5. The molecule has 0 atom stereocenters. The molecule has 0 aromatic heterocycles. The molecule has 0 aliphatic carbocycles. The Hall–Kier alpha value is -0.520. The third-order valence-corrected chi connectivity index (χ3v) is 14.5. The molecule has 0 unspecified atom stereocenters. The lowest BCUT2D eigenvalue weighted by molar-refractivity contribution is 0.538. The largest absolute Gasteiger partial charge is 0.870 e. The predicted molar refractivity (Wildman–Crippen MR) is 223 cm³/mol. The summed E-state index contributed by atoms with van der Waals surface area (Å²) in [6.07, 6.45) is 37.7. The summed E-state index contributed by atoms with van der Waals surface area (Å²) < 4.78 is 0. The first-order valence-electron chi connectivity index (χ1n) is 19.8. The van der Waals surface area contributed by atoms with Crippen LogP contribution in [0.4, 0.5) is 0 Å². The Bertz CT molecular complexity index is 932. The molecule has 0 radical (unpaired) electrons. The van der Waals surface area contributed by atoms with E-state index in [9.17, 15) is 0 Å². The fourth-order valence-electron chi connectivity index (χ4n) is 6.63. The molecular weight excluding hydrogens is 610 g/mol. The number of hydrogen-bond donors (Lipinski definition) is 0. The van der Waals surface area contributed by atoms with Crippen LogP contribution in [0.25, 0.3) is 10.8 Å². The molecule has 47 heavy (non-hydrogen) atoms. The Labute approximate surface area is 296 Å². The van der Waals surface area contributed by atoms with Crippen molar-refractivity contribution in [3.63, 3.8) is 0 Å². The van der Waals surface area contributed by atoms with Crippen molar-refractivity contribution in [2.75, 3.05) is 45.6 Å². The van der Waals surface area contributed by atoms with Crippen molar-refractivity contribution in [3.05, 3.63) is 42.5 Å². The Morgan fingerprint density at radius 1 is 0.383 bits per heavy atom. The van der Waals surface area contributed by atoms with E-state index < -0.39 is 14.5 Å². The summed E-state index contributed by atoms with van der Waals surface area (Å²) in [5.41, 5.74) is 0. The first-order valence-corrected chi connectivity index (χ1v) is 26.0. The Morgan fingerprint density at radius 3 is 1.13 bits per heavy atom. The molecule has 2 N–H and O–H groups in total. The molecule has 0 saturated heterocycles. The van der Waals surface area contributed by atoms with Gasteiger partial charge >= 0.3 is 0 Å². The predicted octanol–water partition coefficient (Wildman–Crippen LogP) is 14.7. The van der Waals surface area contributed by atoms with E-state index in [1.807, 2.05) is 0 Å². The summed E-state index contributed by atoms with van der Waals surface area (Å²) in [7, 11) is -1.51. The second kappa shape index (κ2) is 31.5. The van der Waals surface area contributed by atoms with Crippen LogP contribution in [0.5, 0.6) is 0 Å². The van der Waals surface area contributed by atoms with Gasteiger partial charge in [0.05, 0.1) is 25.7 Å². The van der Waals surface area contributed by atoms with E-state index in [1.54, 1.807) is 5.30 Å². The molecule has 0 bridgehead atoms. The zero-order chi connectivity index (χ0) is 33.1. The Balaban J connectivity index is 0. The van der Waals surface area contributed by atoms with Gasteiger partial charge in [0.15, 0.2) is 0 Å². The maximum Gasteiger partial charge on any atom is 0.101 e. The third-order valence-electron chi connectivity index (χ3n) is 9.67. The van der Waals surface area contributed by atoms with E-state index in [-0.39, 0.29) is 11.0 Å². The van der Waals surface area contributed by atoms with Crippen LogP contribution in [0.2, 0.25) is 0 Å². The minimum Gasteiger partial charge on any atom is -0.870 e. The molecule has 0 saturated carbocycles. The highest BCUT2D eigenvalue weighted by Gasteiger charge is 2.29. The summed E-state index contributed by atoms with van der Waals surface area (Å²) in [6.45, 7) is 17.0. The van der Waals surface area contributed by atoms with Gasteiger partial charge in [-0.3, -0.25) is 0 Å². The lowest BCUT2D eigenvalue weighted by Crippen LogP contribution is -2.13. The topological polar surface area (TPSA) is 60.0 Å². The summed E-state index contributed by atoms with van der Waals surface area (Å²) in [6, 6.07) is 15.8. The standard InChI is InChI=1S/C28H46P.C15H34P.2H2O/c1-4-5-6-7-8-9-10-11-12-13-14-15-16-19-25-29(2,3)28-24-20-22-26-21-17-18-23-27(26)28;1-5-6-7-8-9-10-11-12-13-14-15-16(2,3)4;;/h17-18,20-24H,4-16,19,25H2,1-3H3;5-15H2,1-4H3;2*1H2/q2*+1;;/p-2. The SMILES string of the molecule is CCCCCCCCCCCCCCCC[P+](C)(C)c1cccc2ccccc12.CCCCCCCCCCCC[P+](C)(C)C.[OH-].[OH-]. The average molecular weight is 693 g/mol. The van der Waals surface area contributed by atoms with Gasteiger partial charge < -0.3 is 11.0 Å². The van der Waals surface area contributed by atoms with Gasteiger partial charge in [0, 0.05) is 39.9 Å². The van der Waals surface area contributed by atoms with Crippen molar-refractivity contribution >= 4 is 30.6 Å². The van der Waals surface area contributed by atoms with E-state index in [0.29, 0.717) is 0 Å². The van der Waals surface area contributed by atoms with Gasteiger partial charge in [-0.2, -0.15) is 0 Å².